The lowest BCUT2D eigenvalue weighted by Crippen LogP contribution is -2.21. The maximum atomic E-state index is 11.1. The Hall–Kier alpha value is -1.84. The summed E-state index contributed by atoms with van der Waals surface area (Å²) in [6, 6.07) is 8.10. The van der Waals surface area contributed by atoms with Crippen LogP contribution in [0.1, 0.15) is 11.5 Å². The summed E-state index contributed by atoms with van der Waals surface area (Å²) >= 11 is 0. The molecule has 0 aliphatic heterocycles. The number of ether oxygens (including phenoxy) is 1. The Kier molecular flexibility index (Phi) is 3.23. The summed E-state index contributed by atoms with van der Waals surface area (Å²) in [5.74, 6) is -3.62. The molecule has 1 rings (SSSR count). The second-order valence-electron chi connectivity index (χ2n) is 2.69. The standard InChI is InChI=1S/C10H9O4/c1-14-10(13)8(9(11)12)7-5-3-2-4-6-7/h2-6,8H,1H3. The van der Waals surface area contributed by atoms with Crippen molar-refractivity contribution < 1.29 is 19.4 Å². The maximum absolute atomic E-state index is 11.1. The Bertz CT molecular complexity index is 331. The van der Waals surface area contributed by atoms with Gasteiger partial charge in [0, 0.05) is 0 Å². The second kappa shape index (κ2) is 4.41. The smallest absolute Gasteiger partial charge is 0.374 e. The van der Waals surface area contributed by atoms with Crippen molar-refractivity contribution in [2.75, 3.05) is 7.11 Å². The SMILES string of the molecule is COC(=O)C(C([O])=O)c1ccccc1. The van der Waals surface area contributed by atoms with Crippen LogP contribution in [0.2, 0.25) is 0 Å². The minimum atomic E-state index is -1.46. The van der Waals surface area contributed by atoms with Crippen LogP contribution in [0.5, 0.6) is 0 Å². The van der Waals surface area contributed by atoms with E-state index in [2.05, 4.69) is 4.74 Å². The molecule has 1 radical (unpaired) electrons. The van der Waals surface area contributed by atoms with Crippen LogP contribution in [0.4, 0.5) is 0 Å². The summed E-state index contributed by atoms with van der Waals surface area (Å²) in [5, 5.41) is 10.7. The van der Waals surface area contributed by atoms with Gasteiger partial charge in [-0.05, 0) is 5.56 Å². The van der Waals surface area contributed by atoms with Gasteiger partial charge in [-0.1, -0.05) is 30.3 Å². The number of hydrogen-bond donors (Lipinski definition) is 0. The van der Waals surface area contributed by atoms with E-state index in [0.29, 0.717) is 5.56 Å². The number of esters is 1. The molecule has 1 unspecified atom stereocenters. The Morgan fingerprint density at radius 3 is 2.21 bits per heavy atom. The van der Waals surface area contributed by atoms with Gasteiger partial charge in [-0.3, -0.25) is 4.79 Å². The van der Waals surface area contributed by atoms with E-state index in [4.69, 9.17) is 0 Å². The third kappa shape index (κ3) is 2.10. The van der Waals surface area contributed by atoms with Crippen LogP contribution in [0.25, 0.3) is 0 Å². The molecule has 1 aromatic carbocycles. The summed E-state index contributed by atoms with van der Waals surface area (Å²) in [7, 11) is 1.14. The van der Waals surface area contributed by atoms with Crippen molar-refractivity contribution >= 4 is 11.9 Å². The van der Waals surface area contributed by atoms with Crippen LogP contribution in [-0.2, 0) is 19.4 Å². The van der Waals surface area contributed by atoms with Gasteiger partial charge in [-0.15, -0.1) is 0 Å². The van der Waals surface area contributed by atoms with E-state index in [1.165, 1.54) is 12.1 Å². The number of rotatable bonds is 3. The molecular formula is C10H9O4. The van der Waals surface area contributed by atoms with E-state index in [-0.39, 0.29) is 0 Å². The van der Waals surface area contributed by atoms with Crippen molar-refractivity contribution in [3.8, 4) is 0 Å². The molecule has 0 saturated carbocycles. The highest BCUT2D eigenvalue weighted by Crippen LogP contribution is 2.17. The highest BCUT2D eigenvalue weighted by molar-refractivity contribution is 5.99. The first kappa shape index (κ1) is 10.2. The van der Waals surface area contributed by atoms with Gasteiger partial charge >= 0.3 is 11.9 Å². The molecule has 0 aliphatic carbocycles. The number of benzene rings is 1. The van der Waals surface area contributed by atoms with Crippen molar-refractivity contribution in [1.29, 1.82) is 0 Å². The van der Waals surface area contributed by atoms with E-state index in [0.717, 1.165) is 7.11 Å². The van der Waals surface area contributed by atoms with E-state index >= 15 is 0 Å². The van der Waals surface area contributed by atoms with Gasteiger partial charge in [-0.25, -0.2) is 9.90 Å². The topological polar surface area (TPSA) is 63.3 Å². The molecule has 0 spiro atoms. The van der Waals surface area contributed by atoms with Crippen LogP contribution >= 0.6 is 0 Å². The molecule has 1 atom stereocenters. The molecule has 0 fully saturated rings. The molecule has 0 saturated heterocycles. The summed E-state index contributed by atoms with van der Waals surface area (Å²) in [6.45, 7) is 0. The van der Waals surface area contributed by atoms with E-state index < -0.39 is 17.9 Å². The van der Waals surface area contributed by atoms with Crippen molar-refractivity contribution in [1.82, 2.24) is 0 Å². The first-order chi connectivity index (χ1) is 6.66. The molecule has 0 aromatic heterocycles. The minimum Gasteiger partial charge on any atom is -0.468 e. The van der Waals surface area contributed by atoms with Crippen LogP contribution in [0, 0.1) is 0 Å². The second-order valence-corrected chi connectivity index (χ2v) is 2.69. The Balaban J connectivity index is 3.01. The summed E-state index contributed by atoms with van der Waals surface area (Å²) in [6.07, 6.45) is 0. The van der Waals surface area contributed by atoms with Gasteiger partial charge in [0.05, 0.1) is 7.11 Å². The zero-order valence-electron chi connectivity index (χ0n) is 7.60. The van der Waals surface area contributed by atoms with E-state index in [1.54, 1.807) is 18.2 Å². The van der Waals surface area contributed by atoms with Crippen LogP contribution in [0.15, 0.2) is 30.3 Å². The van der Waals surface area contributed by atoms with Crippen molar-refractivity contribution in [2.24, 2.45) is 0 Å². The van der Waals surface area contributed by atoms with Gasteiger partial charge in [0.15, 0.2) is 5.92 Å². The Morgan fingerprint density at radius 2 is 1.79 bits per heavy atom. The maximum Gasteiger partial charge on any atom is 0.374 e. The number of carbonyl (C=O) groups excluding carboxylic acids is 2. The molecule has 0 N–H and O–H groups in total. The average Bonchev–Trinajstić information content (AvgIpc) is 2.19. The van der Waals surface area contributed by atoms with Crippen molar-refractivity contribution in [2.45, 2.75) is 5.92 Å². The molecule has 1 aromatic rings. The van der Waals surface area contributed by atoms with Crippen molar-refractivity contribution in [3.63, 3.8) is 0 Å². The quantitative estimate of drug-likeness (QED) is 0.529. The molecule has 0 bridgehead atoms. The van der Waals surface area contributed by atoms with Crippen molar-refractivity contribution in [3.05, 3.63) is 35.9 Å². The molecule has 0 heterocycles. The molecule has 4 nitrogen and oxygen atoms in total. The fraction of sp³-hybridized carbons (Fsp3) is 0.200. The predicted molar refractivity (Wildman–Crippen MR) is 46.9 cm³/mol. The molecule has 4 heteroatoms. The van der Waals surface area contributed by atoms with Gasteiger partial charge in [0.2, 0.25) is 0 Å². The third-order valence-electron chi connectivity index (χ3n) is 1.81. The summed E-state index contributed by atoms with van der Waals surface area (Å²) < 4.78 is 4.37. The average molecular weight is 193 g/mol. The molecule has 0 amide bonds. The summed E-state index contributed by atoms with van der Waals surface area (Å²) in [5.41, 5.74) is 0.361. The molecule has 14 heavy (non-hydrogen) atoms. The highest BCUT2D eigenvalue weighted by atomic mass is 16.5. The number of hydrogen-bond acceptors (Lipinski definition) is 3. The lowest BCUT2D eigenvalue weighted by molar-refractivity contribution is -0.155. The number of carbonyl (C=O) groups is 2. The normalized spacial score (nSPS) is 11.8. The summed E-state index contributed by atoms with van der Waals surface area (Å²) in [4.78, 5) is 21.8. The lowest BCUT2D eigenvalue weighted by Gasteiger charge is -2.07. The largest absolute Gasteiger partial charge is 0.468 e. The number of methoxy groups -OCH3 is 1. The zero-order chi connectivity index (χ0) is 10.6. The van der Waals surface area contributed by atoms with Crippen LogP contribution in [-0.4, -0.2) is 19.0 Å². The lowest BCUT2D eigenvalue weighted by atomic mass is 10.00. The first-order valence-electron chi connectivity index (χ1n) is 4.00. The minimum absolute atomic E-state index is 0.361. The molecule has 0 aliphatic rings. The third-order valence-corrected chi connectivity index (χ3v) is 1.81. The fourth-order valence-corrected chi connectivity index (χ4v) is 1.13. The van der Waals surface area contributed by atoms with Gasteiger partial charge < -0.3 is 4.74 Å². The molecular weight excluding hydrogens is 184 g/mol. The highest BCUT2D eigenvalue weighted by Gasteiger charge is 2.30. The fourth-order valence-electron chi connectivity index (χ4n) is 1.13. The van der Waals surface area contributed by atoms with Crippen LogP contribution in [0.3, 0.4) is 0 Å². The predicted octanol–water partition coefficient (Wildman–Crippen LogP) is 0.900. The first-order valence-corrected chi connectivity index (χ1v) is 4.00. The Labute approximate surface area is 81.1 Å². The van der Waals surface area contributed by atoms with E-state index in [1.807, 2.05) is 0 Å². The van der Waals surface area contributed by atoms with Gasteiger partial charge in [0.25, 0.3) is 0 Å². The molecule has 73 valence electrons. The van der Waals surface area contributed by atoms with E-state index in [9.17, 15) is 14.7 Å². The van der Waals surface area contributed by atoms with Gasteiger partial charge in [-0.2, -0.15) is 0 Å². The zero-order valence-corrected chi connectivity index (χ0v) is 7.60. The van der Waals surface area contributed by atoms with Gasteiger partial charge in [0.1, 0.15) is 0 Å². The Morgan fingerprint density at radius 1 is 1.21 bits per heavy atom. The monoisotopic (exact) mass is 193 g/mol. The van der Waals surface area contributed by atoms with Crippen LogP contribution < -0.4 is 0 Å².